The monoisotopic (exact) mass is 291 g/mol. The number of hydrogen-bond donors (Lipinski definition) is 3. The molecule has 0 atom stereocenters. The Bertz CT molecular complexity index is 486. The maximum absolute atomic E-state index is 11.6. The topological polar surface area (TPSA) is 112 Å². The van der Waals surface area contributed by atoms with E-state index < -0.39 is 11.8 Å². The Morgan fingerprint density at radius 2 is 1.48 bits per heavy atom. The highest BCUT2D eigenvalue weighted by Gasteiger charge is 2.16. The van der Waals surface area contributed by atoms with E-state index in [0.29, 0.717) is 0 Å². The van der Waals surface area contributed by atoms with Crippen molar-refractivity contribution in [3.63, 3.8) is 0 Å². The standard InChI is InChI=1S/C16H25N3O2/c17-11-6-4-2-1-3-5-8-12-9-7-10-13(15(18)20)14(12)16(19)21/h7,9-10H,1-6,8,11,17H2,(H2,18,20)(H2,19,21). The molecule has 0 heterocycles. The summed E-state index contributed by atoms with van der Waals surface area (Å²) in [6.07, 6.45) is 7.36. The number of primary amides is 2. The van der Waals surface area contributed by atoms with Gasteiger partial charge >= 0.3 is 0 Å². The predicted molar refractivity (Wildman–Crippen MR) is 83.9 cm³/mol. The van der Waals surface area contributed by atoms with Crippen LogP contribution in [0.2, 0.25) is 0 Å². The third-order valence-corrected chi connectivity index (χ3v) is 3.56. The highest BCUT2D eigenvalue weighted by Crippen LogP contribution is 2.17. The molecular formula is C16H25N3O2. The largest absolute Gasteiger partial charge is 0.366 e. The highest BCUT2D eigenvalue weighted by molar-refractivity contribution is 6.07. The maximum atomic E-state index is 11.6. The van der Waals surface area contributed by atoms with Crippen LogP contribution in [-0.4, -0.2) is 18.4 Å². The van der Waals surface area contributed by atoms with Gasteiger partial charge in [-0.1, -0.05) is 37.8 Å². The molecule has 0 aromatic heterocycles. The molecule has 0 saturated heterocycles. The predicted octanol–water partition coefficient (Wildman–Crippen LogP) is 1.73. The van der Waals surface area contributed by atoms with Crippen LogP contribution in [0, 0.1) is 0 Å². The van der Waals surface area contributed by atoms with Crippen molar-refractivity contribution in [1.82, 2.24) is 0 Å². The quantitative estimate of drug-likeness (QED) is 0.570. The molecular weight excluding hydrogens is 266 g/mol. The minimum Gasteiger partial charge on any atom is -0.366 e. The molecule has 5 heteroatoms. The van der Waals surface area contributed by atoms with Crippen molar-refractivity contribution in [1.29, 1.82) is 0 Å². The molecule has 1 rings (SSSR count). The second-order valence-corrected chi connectivity index (χ2v) is 5.23. The summed E-state index contributed by atoms with van der Waals surface area (Å²) in [4.78, 5) is 22.9. The Balaban J connectivity index is 2.57. The molecule has 0 aliphatic carbocycles. The molecule has 6 N–H and O–H groups in total. The molecule has 1 aromatic rings. The number of hydrogen-bond acceptors (Lipinski definition) is 3. The van der Waals surface area contributed by atoms with E-state index in [1.807, 2.05) is 6.07 Å². The summed E-state index contributed by atoms with van der Waals surface area (Å²) in [7, 11) is 0. The first-order valence-electron chi connectivity index (χ1n) is 7.49. The molecule has 0 bridgehead atoms. The van der Waals surface area contributed by atoms with E-state index in [-0.39, 0.29) is 11.1 Å². The molecule has 0 radical (unpaired) electrons. The van der Waals surface area contributed by atoms with E-state index in [9.17, 15) is 9.59 Å². The van der Waals surface area contributed by atoms with Gasteiger partial charge in [0.1, 0.15) is 0 Å². The lowest BCUT2D eigenvalue weighted by atomic mass is 9.95. The Hall–Kier alpha value is -1.88. The van der Waals surface area contributed by atoms with Crippen molar-refractivity contribution in [2.45, 2.75) is 44.9 Å². The lowest BCUT2D eigenvalue weighted by Crippen LogP contribution is -2.22. The Morgan fingerprint density at radius 1 is 0.857 bits per heavy atom. The maximum Gasteiger partial charge on any atom is 0.249 e. The summed E-state index contributed by atoms with van der Waals surface area (Å²) >= 11 is 0. The van der Waals surface area contributed by atoms with Crippen LogP contribution in [0.15, 0.2) is 18.2 Å². The first kappa shape index (κ1) is 17.2. The number of nitrogens with two attached hydrogens (primary N) is 3. The Labute approximate surface area is 125 Å². The van der Waals surface area contributed by atoms with Crippen LogP contribution in [0.3, 0.4) is 0 Å². The van der Waals surface area contributed by atoms with Gasteiger partial charge in [-0.2, -0.15) is 0 Å². The molecule has 5 nitrogen and oxygen atoms in total. The Kier molecular flexibility index (Phi) is 7.46. The lowest BCUT2D eigenvalue weighted by Gasteiger charge is -2.10. The molecule has 0 aliphatic heterocycles. The van der Waals surface area contributed by atoms with Crippen LogP contribution in [0.1, 0.15) is 64.8 Å². The second kappa shape index (κ2) is 9.13. The van der Waals surface area contributed by atoms with Gasteiger partial charge in [-0.15, -0.1) is 0 Å². The van der Waals surface area contributed by atoms with Crippen LogP contribution in [-0.2, 0) is 6.42 Å². The number of rotatable bonds is 10. The molecule has 0 aliphatic rings. The van der Waals surface area contributed by atoms with Gasteiger partial charge in [-0.25, -0.2) is 0 Å². The summed E-state index contributed by atoms with van der Waals surface area (Å²) in [6.45, 7) is 0.752. The van der Waals surface area contributed by atoms with Gasteiger partial charge in [0.25, 0.3) is 0 Å². The molecule has 2 amide bonds. The van der Waals surface area contributed by atoms with Crippen LogP contribution in [0.4, 0.5) is 0 Å². The number of amides is 2. The van der Waals surface area contributed by atoms with Gasteiger partial charge < -0.3 is 17.2 Å². The molecule has 0 saturated carbocycles. The first-order chi connectivity index (χ1) is 10.1. The van der Waals surface area contributed by atoms with Gasteiger partial charge in [-0.3, -0.25) is 9.59 Å². The van der Waals surface area contributed by atoms with Gasteiger partial charge in [0, 0.05) is 0 Å². The first-order valence-corrected chi connectivity index (χ1v) is 7.49. The molecule has 0 unspecified atom stereocenters. The average molecular weight is 291 g/mol. The van der Waals surface area contributed by atoms with Crippen molar-refractivity contribution in [2.75, 3.05) is 6.54 Å². The average Bonchev–Trinajstić information content (AvgIpc) is 2.45. The van der Waals surface area contributed by atoms with E-state index in [2.05, 4.69) is 0 Å². The lowest BCUT2D eigenvalue weighted by molar-refractivity contribution is 0.0966. The van der Waals surface area contributed by atoms with Gasteiger partial charge in [0.05, 0.1) is 11.1 Å². The summed E-state index contributed by atoms with van der Waals surface area (Å²) in [6, 6.07) is 5.11. The van der Waals surface area contributed by atoms with Gasteiger partial charge in [0.2, 0.25) is 11.8 Å². The zero-order valence-electron chi connectivity index (χ0n) is 12.4. The third-order valence-electron chi connectivity index (χ3n) is 3.56. The van der Waals surface area contributed by atoms with E-state index in [4.69, 9.17) is 17.2 Å². The fourth-order valence-electron chi connectivity index (χ4n) is 2.47. The number of unbranched alkanes of at least 4 members (excludes halogenated alkanes) is 5. The number of carbonyl (C=O) groups excluding carboxylic acids is 2. The fraction of sp³-hybridized carbons (Fsp3) is 0.500. The van der Waals surface area contributed by atoms with Crippen molar-refractivity contribution < 1.29 is 9.59 Å². The molecule has 0 fully saturated rings. The number of benzene rings is 1. The second-order valence-electron chi connectivity index (χ2n) is 5.23. The van der Waals surface area contributed by atoms with Crippen LogP contribution in [0.5, 0.6) is 0 Å². The summed E-state index contributed by atoms with van der Waals surface area (Å²) in [5.41, 5.74) is 17.4. The van der Waals surface area contributed by atoms with Crippen LogP contribution < -0.4 is 17.2 Å². The van der Waals surface area contributed by atoms with E-state index in [0.717, 1.165) is 44.2 Å². The number of carbonyl (C=O) groups is 2. The van der Waals surface area contributed by atoms with Crippen molar-refractivity contribution in [3.05, 3.63) is 34.9 Å². The van der Waals surface area contributed by atoms with E-state index in [1.165, 1.54) is 12.8 Å². The summed E-state index contributed by atoms with van der Waals surface area (Å²) in [5, 5.41) is 0. The smallest absolute Gasteiger partial charge is 0.249 e. The van der Waals surface area contributed by atoms with Gasteiger partial charge in [0.15, 0.2) is 0 Å². The SMILES string of the molecule is NCCCCCCCCc1cccc(C(N)=O)c1C(N)=O. The normalized spacial score (nSPS) is 10.5. The van der Waals surface area contributed by atoms with Crippen molar-refractivity contribution in [3.8, 4) is 0 Å². The van der Waals surface area contributed by atoms with Crippen LogP contribution in [0.25, 0.3) is 0 Å². The highest BCUT2D eigenvalue weighted by atomic mass is 16.2. The zero-order valence-corrected chi connectivity index (χ0v) is 12.4. The Morgan fingerprint density at radius 3 is 2.05 bits per heavy atom. The molecule has 1 aromatic carbocycles. The minimum atomic E-state index is -0.618. The van der Waals surface area contributed by atoms with Crippen molar-refractivity contribution in [2.24, 2.45) is 17.2 Å². The number of aryl methyl sites for hydroxylation is 1. The summed E-state index contributed by atoms with van der Waals surface area (Å²) < 4.78 is 0. The van der Waals surface area contributed by atoms with Gasteiger partial charge in [-0.05, 0) is 37.4 Å². The fourth-order valence-corrected chi connectivity index (χ4v) is 2.47. The molecule has 116 valence electrons. The van der Waals surface area contributed by atoms with Crippen molar-refractivity contribution >= 4 is 11.8 Å². The minimum absolute atomic E-state index is 0.211. The summed E-state index contributed by atoms with van der Waals surface area (Å²) in [5.74, 6) is -1.21. The van der Waals surface area contributed by atoms with E-state index in [1.54, 1.807) is 12.1 Å². The van der Waals surface area contributed by atoms with E-state index >= 15 is 0 Å². The third kappa shape index (κ3) is 5.55. The molecule has 0 spiro atoms. The van der Waals surface area contributed by atoms with Crippen LogP contribution >= 0.6 is 0 Å². The molecule has 21 heavy (non-hydrogen) atoms. The zero-order chi connectivity index (χ0) is 15.7.